The van der Waals surface area contributed by atoms with Gasteiger partial charge in [0.2, 0.25) is 0 Å². The van der Waals surface area contributed by atoms with Gasteiger partial charge < -0.3 is 24.4 Å². The lowest BCUT2D eigenvalue weighted by molar-refractivity contribution is -0.0817. The number of rotatable bonds is 6. The molecule has 3 rings (SSSR count). The number of guanidine groups is 1. The summed E-state index contributed by atoms with van der Waals surface area (Å²) < 4.78 is 17.5. The van der Waals surface area contributed by atoms with Crippen molar-refractivity contribution < 1.29 is 14.2 Å². The van der Waals surface area contributed by atoms with Crippen LogP contribution in [-0.4, -0.2) is 62.5 Å². The van der Waals surface area contributed by atoms with Gasteiger partial charge in [0.05, 0.1) is 25.4 Å². The maximum absolute atomic E-state index is 5.95. The first-order valence-electron chi connectivity index (χ1n) is 10.0. The van der Waals surface area contributed by atoms with Gasteiger partial charge in [-0.15, -0.1) is 0 Å². The number of benzene rings is 1. The van der Waals surface area contributed by atoms with Crippen molar-refractivity contribution in [3.05, 3.63) is 35.4 Å². The van der Waals surface area contributed by atoms with E-state index >= 15 is 0 Å². The Morgan fingerprint density at radius 3 is 2.81 bits per heavy atom. The van der Waals surface area contributed by atoms with Crippen molar-refractivity contribution in [1.82, 2.24) is 10.2 Å². The third-order valence-corrected chi connectivity index (χ3v) is 5.01. The lowest BCUT2D eigenvalue weighted by atomic mass is 10.1. The fourth-order valence-electron chi connectivity index (χ4n) is 3.59. The fourth-order valence-corrected chi connectivity index (χ4v) is 3.59. The summed E-state index contributed by atoms with van der Waals surface area (Å²) in [5.74, 6) is 0.921. The van der Waals surface area contributed by atoms with Crippen molar-refractivity contribution in [1.29, 1.82) is 0 Å². The normalized spacial score (nSPS) is 23.9. The molecule has 2 aliphatic rings. The molecule has 1 aromatic rings. The molecule has 2 saturated heterocycles. The van der Waals surface area contributed by atoms with E-state index < -0.39 is 0 Å². The molecule has 2 unspecified atom stereocenters. The van der Waals surface area contributed by atoms with Gasteiger partial charge in [-0.2, -0.15) is 0 Å². The van der Waals surface area contributed by atoms with Crippen LogP contribution in [0.5, 0.6) is 0 Å². The molecule has 1 aromatic carbocycles. The molecule has 2 heterocycles. The summed E-state index contributed by atoms with van der Waals surface area (Å²) in [7, 11) is 1.84. The maximum Gasteiger partial charge on any atom is 0.194 e. The molecule has 0 amide bonds. The van der Waals surface area contributed by atoms with Gasteiger partial charge in [0, 0.05) is 33.3 Å². The van der Waals surface area contributed by atoms with Crippen LogP contribution in [0.4, 0.5) is 0 Å². The molecule has 0 spiro atoms. The molecule has 1 N–H and O–H groups in total. The minimum absolute atomic E-state index is 0.135. The largest absolute Gasteiger partial charge is 0.375 e. The smallest absolute Gasteiger partial charge is 0.194 e. The third-order valence-electron chi connectivity index (χ3n) is 5.01. The van der Waals surface area contributed by atoms with Crippen molar-refractivity contribution >= 4 is 5.96 Å². The molecule has 0 bridgehead atoms. The molecule has 0 aliphatic carbocycles. The van der Waals surface area contributed by atoms with Crippen molar-refractivity contribution in [2.75, 3.05) is 33.4 Å². The topological polar surface area (TPSA) is 55.3 Å². The first-order chi connectivity index (χ1) is 13.2. The molecule has 2 fully saturated rings. The van der Waals surface area contributed by atoms with Gasteiger partial charge in [0.1, 0.15) is 6.10 Å². The van der Waals surface area contributed by atoms with E-state index in [1.165, 1.54) is 11.1 Å². The molecule has 6 nitrogen and oxygen atoms in total. The summed E-state index contributed by atoms with van der Waals surface area (Å²) >= 11 is 0. The lowest BCUT2D eigenvalue weighted by Gasteiger charge is -2.37. The third kappa shape index (κ3) is 5.92. The SMILES string of the molecule is CN=C(NCc1cccc(COC(C)C)c1)N1CCOC(C2CCCO2)C1. The van der Waals surface area contributed by atoms with Crippen LogP contribution in [-0.2, 0) is 27.4 Å². The van der Waals surface area contributed by atoms with E-state index in [2.05, 4.69) is 53.3 Å². The van der Waals surface area contributed by atoms with Gasteiger partial charge >= 0.3 is 0 Å². The van der Waals surface area contributed by atoms with E-state index in [4.69, 9.17) is 14.2 Å². The van der Waals surface area contributed by atoms with Gasteiger partial charge in [0.15, 0.2) is 5.96 Å². The summed E-state index contributed by atoms with van der Waals surface area (Å²) in [5, 5.41) is 3.50. The number of aliphatic imine (C=N–C) groups is 1. The average molecular weight is 376 g/mol. The Bertz CT molecular complexity index is 614. The predicted molar refractivity (Wildman–Crippen MR) is 107 cm³/mol. The summed E-state index contributed by atoms with van der Waals surface area (Å²) in [6, 6.07) is 8.51. The van der Waals surface area contributed by atoms with E-state index in [1.807, 2.05) is 7.05 Å². The van der Waals surface area contributed by atoms with Crippen LogP contribution in [0, 0.1) is 0 Å². The Morgan fingerprint density at radius 2 is 2.07 bits per heavy atom. The van der Waals surface area contributed by atoms with Crippen LogP contribution >= 0.6 is 0 Å². The molecule has 0 radical (unpaired) electrons. The summed E-state index contributed by atoms with van der Waals surface area (Å²) in [6.45, 7) is 8.75. The highest BCUT2D eigenvalue weighted by Crippen LogP contribution is 2.21. The molecular formula is C21H33N3O3. The Labute approximate surface area is 162 Å². The highest BCUT2D eigenvalue weighted by Gasteiger charge is 2.32. The summed E-state index contributed by atoms with van der Waals surface area (Å²) in [6.07, 6.45) is 2.83. The minimum Gasteiger partial charge on any atom is -0.375 e. The quantitative estimate of drug-likeness (QED) is 0.612. The zero-order valence-electron chi connectivity index (χ0n) is 16.8. The van der Waals surface area contributed by atoms with Gasteiger partial charge in [-0.05, 0) is 37.8 Å². The van der Waals surface area contributed by atoms with Crippen LogP contribution in [0.25, 0.3) is 0 Å². The average Bonchev–Trinajstić information content (AvgIpc) is 3.22. The van der Waals surface area contributed by atoms with Gasteiger partial charge in [-0.3, -0.25) is 4.99 Å². The maximum atomic E-state index is 5.95. The highest BCUT2D eigenvalue weighted by molar-refractivity contribution is 5.80. The Morgan fingerprint density at radius 1 is 1.26 bits per heavy atom. The monoisotopic (exact) mass is 375 g/mol. The second-order valence-electron chi connectivity index (χ2n) is 7.49. The van der Waals surface area contributed by atoms with E-state index in [9.17, 15) is 0 Å². The second-order valence-corrected chi connectivity index (χ2v) is 7.49. The zero-order valence-corrected chi connectivity index (χ0v) is 16.8. The number of hydrogen-bond acceptors (Lipinski definition) is 4. The van der Waals surface area contributed by atoms with Crippen LogP contribution in [0.3, 0.4) is 0 Å². The van der Waals surface area contributed by atoms with E-state index in [-0.39, 0.29) is 18.3 Å². The molecule has 27 heavy (non-hydrogen) atoms. The molecule has 2 atom stereocenters. The zero-order chi connectivity index (χ0) is 19.1. The molecular weight excluding hydrogens is 342 g/mol. The van der Waals surface area contributed by atoms with Crippen molar-refractivity contribution in [2.24, 2.45) is 4.99 Å². The number of morpholine rings is 1. The second kappa shape index (κ2) is 10.1. The number of nitrogens with zero attached hydrogens (tertiary/aromatic N) is 2. The Balaban J connectivity index is 1.53. The molecule has 2 aliphatic heterocycles. The highest BCUT2D eigenvalue weighted by atomic mass is 16.5. The van der Waals surface area contributed by atoms with Crippen molar-refractivity contribution in [2.45, 2.75) is 58.2 Å². The first kappa shape index (κ1) is 20.1. The number of nitrogens with one attached hydrogen (secondary N) is 1. The van der Waals surface area contributed by atoms with Crippen LogP contribution in [0.1, 0.15) is 37.8 Å². The predicted octanol–water partition coefficient (Wildman–Crippen LogP) is 2.57. The first-order valence-corrected chi connectivity index (χ1v) is 10.0. The molecule has 150 valence electrons. The number of ether oxygens (including phenoxy) is 3. The minimum atomic E-state index is 0.135. The van der Waals surface area contributed by atoms with Crippen LogP contribution < -0.4 is 5.32 Å². The summed E-state index contributed by atoms with van der Waals surface area (Å²) in [4.78, 5) is 6.76. The van der Waals surface area contributed by atoms with Gasteiger partial charge in [-0.1, -0.05) is 24.3 Å². The van der Waals surface area contributed by atoms with E-state index in [0.29, 0.717) is 13.2 Å². The van der Waals surface area contributed by atoms with Crippen molar-refractivity contribution in [3.8, 4) is 0 Å². The van der Waals surface area contributed by atoms with Crippen LogP contribution in [0.15, 0.2) is 29.3 Å². The number of hydrogen-bond donors (Lipinski definition) is 1. The standard InChI is InChI=1S/C21H33N3O3/c1-16(2)27-15-18-7-4-6-17(12-18)13-23-21(22-3)24-9-11-26-20(14-24)19-8-5-10-25-19/h4,6-7,12,16,19-20H,5,8-11,13-15H2,1-3H3,(H,22,23). The fraction of sp³-hybridized carbons (Fsp3) is 0.667. The van der Waals surface area contributed by atoms with E-state index in [1.54, 1.807) is 0 Å². The van der Waals surface area contributed by atoms with Crippen molar-refractivity contribution in [3.63, 3.8) is 0 Å². The molecule has 0 saturated carbocycles. The van der Waals surface area contributed by atoms with Gasteiger partial charge in [0.25, 0.3) is 0 Å². The summed E-state index contributed by atoms with van der Waals surface area (Å²) in [5.41, 5.74) is 2.42. The lowest BCUT2D eigenvalue weighted by Crippen LogP contribution is -2.53. The van der Waals surface area contributed by atoms with Gasteiger partial charge in [-0.25, -0.2) is 0 Å². The molecule has 0 aromatic heterocycles. The Hall–Kier alpha value is -1.63. The molecule has 6 heteroatoms. The van der Waals surface area contributed by atoms with E-state index in [0.717, 1.165) is 45.0 Å². The Kier molecular flexibility index (Phi) is 7.50. The van der Waals surface area contributed by atoms with Crippen LogP contribution in [0.2, 0.25) is 0 Å².